The number of halogens is 1. The first kappa shape index (κ1) is 8.88. The van der Waals surface area contributed by atoms with E-state index >= 15 is 0 Å². The molecule has 0 unspecified atom stereocenters. The van der Waals surface area contributed by atoms with E-state index < -0.39 is 0 Å². The lowest BCUT2D eigenvalue weighted by atomic mass is 10.1. The second kappa shape index (κ2) is 3.22. The summed E-state index contributed by atoms with van der Waals surface area (Å²) in [6.07, 6.45) is 0. The first-order valence-corrected chi connectivity index (χ1v) is 5.24. The smallest absolute Gasteiger partial charge is 0.0603 e. The Morgan fingerprint density at radius 3 is 3.08 bits per heavy atom. The van der Waals surface area contributed by atoms with Gasteiger partial charge < -0.3 is 10.2 Å². The number of nitrogens with one attached hydrogen (secondary N) is 1. The summed E-state index contributed by atoms with van der Waals surface area (Å²) in [5.41, 5.74) is 2.50. The van der Waals surface area contributed by atoms with E-state index in [-0.39, 0.29) is 0 Å². The summed E-state index contributed by atoms with van der Waals surface area (Å²) in [5.74, 6) is 0. The number of likely N-dealkylation sites (N-methyl/N-ethyl adjacent to an activating group) is 1. The van der Waals surface area contributed by atoms with E-state index in [1.165, 1.54) is 11.4 Å². The summed E-state index contributed by atoms with van der Waals surface area (Å²) in [7, 11) is 2.14. The molecule has 0 bridgehead atoms. The second-order valence-electron chi connectivity index (χ2n) is 3.50. The highest BCUT2D eigenvalue weighted by atomic mass is 79.9. The van der Waals surface area contributed by atoms with Gasteiger partial charge in [-0.2, -0.15) is 0 Å². The molecule has 1 N–H and O–H groups in total. The molecule has 1 aromatic rings. The maximum absolute atomic E-state index is 3.47. The van der Waals surface area contributed by atoms with E-state index in [9.17, 15) is 0 Å². The van der Waals surface area contributed by atoms with Crippen LogP contribution < -0.4 is 10.2 Å². The number of benzene rings is 1. The van der Waals surface area contributed by atoms with Crippen molar-refractivity contribution in [1.82, 2.24) is 0 Å². The third-order valence-electron chi connectivity index (χ3n) is 2.59. The van der Waals surface area contributed by atoms with Crippen LogP contribution in [0.4, 0.5) is 11.4 Å². The normalized spacial score (nSPS) is 20.8. The monoisotopic (exact) mass is 240 g/mol. The molecule has 0 saturated heterocycles. The number of nitrogens with zero attached hydrogens (tertiary/aromatic N) is 1. The molecule has 0 aromatic heterocycles. The predicted molar refractivity (Wildman–Crippen MR) is 60.5 cm³/mol. The summed E-state index contributed by atoms with van der Waals surface area (Å²) in [4.78, 5) is 2.30. The number of hydrogen-bond acceptors (Lipinski definition) is 2. The Bertz CT molecular complexity index is 325. The van der Waals surface area contributed by atoms with Gasteiger partial charge in [0, 0.05) is 24.1 Å². The van der Waals surface area contributed by atoms with Crippen molar-refractivity contribution in [3.05, 3.63) is 22.7 Å². The van der Waals surface area contributed by atoms with Gasteiger partial charge in [-0.3, -0.25) is 0 Å². The summed E-state index contributed by atoms with van der Waals surface area (Å²) < 4.78 is 1.13. The van der Waals surface area contributed by atoms with Crippen molar-refractivity contribution in [1.29, 1.82) is 0 Å². The molecule has 0 radical (unpaired) electrons. The third-order valence-corrected chi connectivity index (χ3v) is 3.08. The molecular formula is C10H13BrN2. The van der Waals surface area contributed by atoms with Gasteiger partial charge in [0.05, 0.1) is 11.4 Å². The molecule has 1 heterocycles. The highest BCUT2D eigenvalue weighted by Gasteiger charge is 2.18. The molecule has 0 fully saturated rings. The van der Waals surface area contributed by atoms with Crippen molar-refractivity contribution in [3.8, 4) is 0 Å². The quantitative estimate of drug-likeness (QED) is 0.751. The largest absolute Gasteiger partial charge is 0.381 e. The third kappa shape index (κ3) is 1.53. The lowest BCUT2D eigenvalue weighted by Gasteiger charge is -2.34. The SMILES string of the molecule is C[C@@H]1CNc2cc(Br)ccc2N1C. The average Bonchev–Trinajstić information content (AvgIpc) is 2.12. The molecule has 1 aliphatic heterocycles. The molecule has 0 amide bonds. The zero-order valence-corrected chi connectivity index (χ0v) is 9.43. The van der Waals surface area contributed by atoms with Crippen LogP contribution in [0, 0.1) is 0 Å². The summed E-state index contributed by atoms with van der Waals surface area (Å²) in [5, 5.41) is 3.41. The van der Waals surface area contributed by atoms with Gasteiger partial charge in [0.2, 0.25) is 0 Å². The van der Waals surface area contributed by atoms with Crippen LogP contribution in [0.5, 0.6) is 0 Å². The first-order chi connectivity index (χ1) is 6.18. The van der Waals surface area contributed by atoms with Gasteiger partial charge in [-0.25, -0.2) is 0 Å². The fraction of sp³-hybridized carbons (Fsp3) is 0.400. The van der Waals surface area contributed by atoms with Crippen molar-refractivity contribution < 1.29 is 0 Å². The van der Waals surface area contributed by atoms with Crippen LogP contribution >= 0.6 is 15.9 Å². The molecule has 0 aliphatic carbocycles. The molecule has 2 nitrogen and oxygen atoms in total. The van der Waals surface area contributed by atoms with Gasteiger partial charge in [0.25, 0.3) is 0 Å². The maximum Gasteiger partial charge on any atom is 0.0603 e. The topological polar surface area (TPSA) is 15.3 Å². The Balaban J connectivity index is 2.44. The van der Waals surface area contributed by atoms with Crippen molar-refractivity contribution >= 4 is 27.3 Å². The zero-order chi connectivity index (χ0) is 9.42. The highest BCUT2D eigenvalue weighted by Crippen LogP contribution is 2.32. The predicted octanol–water partition coefficient (Wildman–Crippen LogP) is 2.70. The van der Waals surface area contributed by atoms with Crippen LogP contribution in [0.2, 0.25) is 0 Å². The highest BCUT2D eigenvalue weighted by molar-refractivity contribution is 9.10. The van der Waals surface area contributed by atoms with Gasteiger partial charge >= 0.3 is 0 Å². The number of rotatable bonds is 0. The van der Waals surface area contributed by atoms with Gasteiger partial charge in [0.15, 0.2) is 0 Å². The van der Waals surface area contributed by atoms with Crippen LogP contribution in [0.1, 0.15) is 6.92 Å². The minimum absolute atomic E-state index is 0.564. The summed E-state index contributed by atoms with van der Waals surface area (Å²) >= 11 is 3.47. The van der Waals surface area contributed by atoms with Crippen molar-refractivity contribution in [2.24, 2.45) is 0 Å². The van der Waals surface area contributed by atoms with Crippen LogP contribution in [-0.2, 0) is 0 Å². The summed E-state index contributed by atoms with van der Waals surface area (Å²) in [6.45, 7) is 3.23. The van der Waals surface area contributed by atoms with Crippen LogP contribution in [0.25, 0.3) is 0 Å². The van der Waals surface area contributed by atoms with Crippen LogP contribution in [0.15, 0.2) is 22.7 Å². The molecule has 0 spiro atoms. The van der Waals surface area contributed by atoms with Crippen molar-refractivity contribution in [2.45, 2.75) is 13.0 Å². The Morgan fingerprint density at radius 2 is 2.31 bits per heavy atom. The van der Waals surface area contributed by atoms with Crippen molar-refractivity contribution in [2.75, 3.05) is 23.8 Å². The molecule has 1 atom stereocenters. The minimum atomic E-state index is 0.564. The number of fused-ring (bicyclic) bond motifs is 1. The number of hydrogen-bond donors (Lipinski definition) is 1. The molecular weight excluding hydrogens is 228 g/mol. The molecule has 70 valence electrons. The minimum Gasteiger partial charge on any atom is -0.381 e. The Hall–Kier alpha value is -0.700. The lowest BCUT2D eigenvalue weighted by molar-refractivity contribution is 0.699. The molecule has 1 aliphatic rings. The maximum atomic E-state index is 3.47. The fourth-order valence-corrected chi connectivity index (χ4v) is 1.95. The first-order valence-electron chi connectivity index (χ1n) is 4.45. The van der Waals surface area contributed by atoms with E-state index in [0.29, 0.717) is 6.04 Å². The van der Waals surface area contributed by atoms with Gasteiger partial charge in [-0.05, 0) is 25.1 Å². The van der Waals surface area contributed by atoms with E-state index in [0.717, 1.165) is 11.0 Å². The molecule has 1 aromatic carbocycles. The lowest BCUT2D eigenvalue weighted by Crippen LogP contribution is -2.39. The van der Waals surface area contributed by atoms with Gasteiger partial charge in [0.1, 0.15) is 0 Å². The summed E-state index contributed by atoms with van der Waals surface area (Å²) in [6, 6.07) is 6.91. The van der Waals surface area contributed by atoms with Crippen LogP contribution in [0.3, 0.4) is 0 Å². The Kier molecular flexibility index (Phi) is 2.20. The van der Waals surface area contributed by atoms with Crippen LogP contribution in [-0.4, -0.2) is 19.6 Å². The number of anilines is 2. The van der Waals surface area contributed by atoms with Gasteiger partial charge in [-0.15, -0.1) is 0 Å². The van der Waals surface area contributed by atoms with E-state index in [1.807, 2.05) is 0 Å². The fourth-order valence-electron chi connectivity index (χ4n) is 1.59. The molecule has 2 rings (SSSR count). The average molecular weight is 241 g/mol. The van der Waals surface area contributed by atoms with Crippen molar-refractivity contribution in [3.63, 3.8) is 0 Å². The van der Waals surface area contributed by atoms with E-state index in [4.69, 9.17) is 0 Å². The molecule has 0 saturated carbocycles. The zero-order valence-electron chi connectivity index (χ0n) is 7.84. The van der Waals surface area contributed by atoms with E-state index in [1.54, 1.807) is 0 Å². The second-order valence-corrected chi connectivity index (χ2v) is 4.42. The standard InChI is InChI=1S/C10H13BrN2/c1-7-6-12-9-5-8(11)3-4-10(9)13(7)2/h3-5,7,12H,6H2,1-2H3/t7-/m1/s1. The molecule has 3 heteroatoms. The van der Waals surface area contributed by atoms with E-state index in [2.05, 4.69) is 58.3 Å². The molecule has 13 heavy (non-hydrogen) atoms. The van der Waals surface area contributed by atoms with Gasteiger partial charge in [-0.1, -0.05) is 15.9 Å². The Morgan fingerprint density at radius 1 is 1.54 bits per heavy atom. The Labute approximate surface area is 87.1 Å².